The molecule has 1 heterocycles. The molecule has 26 heavy (non-hydrogen) atoms. The van der Waals surface area contributed by atoms with Crippen molar-refractivity contribution in [1.82, 2.24) is 10.2 Å². The molecule has 0 bridgehead atoms. The number of carbonyl (C=O) groups is 2. The third-order valence-electron chi connectivity index (χ3n) is 5.35. The number of nitrogens with one attached hydrogen (secondary N) is 1. The van der Waals surface area contributed by atoms with Crippen molar-refractivity contribution in [1.29, 1.82) is 0 Å². The van der Waals surface area contributed by atoms with Gasteiger partial charge in [0.05, 0.1) is 0 Å². The van der Waals surface area contributed by atoms with E-state index in [-0.39, 0.29) is 23.5 Å². The number of piperidine rings is 1. The molecule has 2 rings (SSSR count). The lowest BCUT2D eigenvalue weighted by molar-refractivity contribution is -0.126. The van der Waals surface area contributed by atoms with Gasteiger partial charge in [-0.2, -0.15) is 0 Å². The van der Waals surface area contributed by atoms with E-state index >= 15 is 0 Å². The Hall–Kier alpha value is -1.91. The third kappa shape index (κ3) is 5.82. The zero-order valence-corrected chi connectivity index (χ0v) is 16.0. The first kappa shape index (κ1) is 20.4. The predicted octanol–water partition coefficient (Wildman–Crippen LogP) is 4.01. The second-order valence-corrected chi connectivity index (χ2v) is 7.24. The Labute approximate surface area is 156 Å². The summed E-state index contributed by atoms with van der Waals surface area (Å²) >= 11 is 0. The summed E-state index contributed by atoms with van der Waals surface area (Å²) in [5, 5.41) is 3.11. The highest BCUT2D eigenvalue weighted by Gasteiger charge is 2.28. The van der Waals surface area contributed by atoms with Crippen LogP contribution in [-0.4, -0.2) is 36.3 Å². The molecule has 5 heteroatoms. The summed E-state index contributed by atoms with van der Waals surface area (Å²) in [6, 6.07) is 5.63. The van der Waals surface area contributed by atoms with Gasteiger partial charge in [-0.25, -0.2) is 4.39 Å². The van der Waals surface area contributed by atoms with Crippen LogP contribution < -0.4 is 5.32 Å². The molecule has 2 amide bonds. The fourth-order valence-electron chi connectivity index (χ4n) is 3.45. The van der Waals surface area contributed by atoms with Crippen LogP contribution in [0.25, 0.3) is 0 Å². The minimum atomic E-state index is -0.346. The quantitative estimate of drug-likeness (QED) is 0.760. The number of hydrogen-bond donors (Lipinski definition) is 1. The number of amides is 2. The lowest BCUT2D eigenvalue weighted by atomic mass is 9.94. The number of nitrogens with zero attached hydrogens (tertiary/aromatic N) is 1. The zero-order valence-electron chi connectivity index (χ0n) is 16.0. The molecule has 0 aliphatic carbocycles. The lowest BCUT2D eigenvalue weighted by Crippen LogP contribution is -2.43. The largest absolute Gasteiger partial charge is 0.356 e. The van der Waals surface area contributed by atoms with Gasteiger partial charge in [0.1, 0.15) is 5.82 Å². The summed E-state index contributed by atoms with van der Waals surface area (Å²) in [5.74, 6) is 0.222. The van der Waals surface area contributed by atoms with Gasteiger partial charge in [-0.15, -0.1) is 0 Å². The van der Waals surface area contributed by atoms with E-state index in [2.05, 4.69) is 19.2 Å². The van der Waals surface area contributed by atoms with Gasteiger partial charge in [0.2, 0.25) is 5.91 Å². The number of hydrogen-bond acceptors (Lipinski definition) is 2. The molecule has 0 radical (unpaired) electrons. The van der Waals surface area contributed by atoms with Crippen molar-refractivity contribution < 1.29 is 14.0 Å². The number of likely N-dealkylation sites (tertiary alicyclic amines) is 1. The zero-order chi connectivity index (χ0) is 18.9. The van der Waals surface area contributed by atoms with Crippen molar-refractivity contribution in [3.63, 3.8) is 0 Å². The van der Waals surface area contributed by atoms with Crippen LogP contribution in [0.4, 0.5) is 4.39 Å². The van der Waals surface area contributed by atoms with Crippen molar-refractivity contribution in [2.24, 2.45) is 11.8 Å². The van der Waals surface area contributed by atoms with E-state index in [1.165, 1.54) is 37.1 Å². The fourth-order valence-corrected chi connectivity index (χ4v) is 3.45. The van der Waals surface area contributed by atoms with Gasteiger partial charge in [-0.1, -0.05) is 33.1 Å². The Balaban J connectivity index is 1.77. The average Bonchev–Trinajstić information content (AvgIpc) is 2.68. The van der Waals surface area contributed by atoms with Crippen molar-refractivity contribution in [3.05, 3.63) is 35.6 Å². The van der Waals surface area contributed by atoms with E-state index in [1.54, 1.807) is 4.90 Å². The fraction of sp³-hybridized carbons (Fsp3) is 0.619. The Bertz CT molecular complexity index is 580. The molecule has 0 saturated carbocycles. The number of halogens is 1. The van der Waals surface area contributed by atoms with Gasteiger partial charge < -0.3 is 10.2 Å². The molecule has 0 spiro atoms. The van der Waals surface area contributed by atoms with Gasteiger partial charge >= 0.3 is 0 Å². The number of benzene rings is 1. The van der Waals surface area contributed by atoms with Crippen molar-refractivity contribution >= 4 is 11.8 Å². The molecule has 1 aromatic carbocycles. The lowest BCUT2D eigenvalue weighted by Gasteiger charge is -2.31. The Morgan fingerprint density at radius 1 is 1.19 bits per heavy atom. The van der Waals surface area contributed by atoms with E-state index in [0.29, 0.717) is 37.4 Å². The summed E-state index contributed by atoms with van der Waals surface area (Å²) in [6.45, 7) is 6.26. The maximum atomic E-state index is 13.0. The van der Waals surface area contributed by atoms with E-state index in [1.807, 2.05) is 0 Å². The molecular formula is C21H31FN2O2. The molecule has 1 N–H and O–H groups in total. The first-order valence-electron chi connectivity index (χ1n) is 9.87. The van der Waals surface area contributed by atoms with Crippen LogP contribution in [0.2, 0.25) is 0 Å². The Morgan fingerprint density at radius 2 is 1.85 bits per heavy atom. The summed E-state index contributed by atoms with van der Waals surface area (Å²) in [4.78, 5) is 26.6. The maximum Gasteiger partial charge on any atom is 0.253 e. The topological polar surface area (TPSA) is 49.4 Å². The number of carbonyl (C=O) groups excluding carboxylic acids is 2. The minimum absolute atomic E-state index is 0.0176. The highest BCUT2D eigenvalue weighted by atomic mass is 19.1. The Morgan fingerprint density at radius 3 is 2.42 bits per heavy atom. The predicted molar refractivity (Wildman–Crippen MR) is 101 cm³/mol. The summed E-state index contributed by atoms with van der Waals surface area (Å²) in [5.41, 5.74) is 0.496. The first-order valence-corrected chi connectivity index (χ1v) is 9.87. The van der Waals surface area contributed by atoms with Gasteiger partial charge in [0, 0.05) is 31.1 Å². The van der Waals surface area contributed by atoms with Gasteiger partial charge in [-0.3, -0.25) is 9.59 Å². The van der Waals surface area contributed by atoms with E-state index in [9.17, 15) is 14.0 Å². The first-order chi connectivity index (χ1) is 12.5. The van der Waals surface area contributed by atoms with E-state index in [0.717, 1.165) is 19.4 Å². The molecule has 1 aliphatic rings. The monoisotopic (exact) mass is 362 g/mol. The molecule has 1 atom stereocenters. The molecule has 144 valence electrons. The molecule has 1 saturated heterocycles. The molecule has 1 aliphatic heterocycles. The van der Waals surface area contributed by atoms with E-state index < -0.39 is 0 Å². The van der Waals surface area contributed by atoms with Crippen LogP contribution in [0.5, 0.6) is 0 Å². The summed E-state index contributed by atoms with van der Waals surface area (Å²) in [7, 11) is 0. The second-order valence-electron chi connectivity index (χ2n) is 7.24. The summed E-state index contributed by atoms with van der Waals surface area (Å²) < 4.78 is 13.0. The van der Waals surface area contributed by atoms with Crippen LogP contribution in [-0.2, 0) is 4.79 Å². The van der Waals surface area contributed by atoms with Crippen molar-refractivity contribution in [2.45, 2.75) is 52.4 Å². The Kier molecular flexibility index (Phi) is 8.07. The highest BCUT2D eigenvalue weighted by Crippen LogP contribution is 2.20. The average molecular weight is 362 g/mol. The van der Waals surface area contributed by atoms with Crippen LogP contribution in [0, 0.1) is 17.7 Å². The van der Waals surface area contributed by atoms with Crippen LogP contribution in [0.1, 0.15) is 62.7 Å². The molecule has 0 aromatic heterocycles. The number of unbranched alkanes of at least 4 members (excludes halogenated alkanes) is 1. The molecule has 1 aromatic rings. The van der Waals surface area contributed by atoms with Gasteiger partial charge in [0.25, 0.3) is 5.91 Å². The SMILES string of the molecule is CCCCC(CC)CNC(=O)C1CCN(C(=O)c2ccc(F)cc2)CC1. The van der Waals surface area contributed by atoms with Crippen LogP contribution in [0.15, 0.2) is 24.3 Å². The molecule has 1 fully saturated rings. The highest BCUT2D eigenvalue weighted by molar-refractivity contribution is 5.94. The minimum Gasteiger partial charge on any atom is -0.356 e. The molecular weight excluding hydrogens is 331 g/mol. The van der Waals surface area contributed by atoms with Crippen LogP contribution in [0.3, 0.4) is 0 Å². The number of rotatable bonds is 8. The van der Waals surface area contributed by atoms with Crippen LogP contribution >= 0.6 is 0 Å². The van der Waals surface area contributed by atoms with Gasteiger partial charge in [0.15, 0.2) is 0 Å². The van der Waals surface area contributed by atoms with Crippen molar-refractivity contribution in [3.8, 4) is 0 Å². The second kappa shape index (κ2) is 10.3. The molecule has 4 nitrogen and oxygen atoms in total. The molecule has 1 unspecified atom stereocenters. The summed E-state index contributed by atoms with van der Waals surface area (Å²) in [6.07, 6.45) is 6.01. The smallest absolute Gasteiger partial charge is 0.253 e. The van der Waals surface area contributed by atoms with Crippen molar-refractivity contribution in [2.75, 3.05) is 19.6 Å². The third-order valence-corrected chi connectivity index (χ3v) is 5.35. The normalized spacial score (nSPS) is 16.3. The van der Waals surface area contributed by atoms with Gasteiger partial charge in [-0.05, 0) is 49.4 Å². The maximum absolute atomic E-state index is 13.0. The van der Waals surface area contributed by atoms with E-state index in [4.69, 9.17) is 0 Å². The standard InChI is InChI=1S/C21H31FN2O2/c1-3-5-6-16(4-2)15-23-20(25)17-11-13-24(14-12-17)21(26)18-7-9-19(22)10-8-18/h7-10,16-17H,3-6,11-15H2,1-2H3,(H,23,25).